The molecule has 0 nitrogen and oxygen atoms in total. The van der Waals surface area contributed by atoms with Crippen molar-refractivity contribution in [3.05, 3.63) is 0 Å². The van der Waals surface area contributed by atoms with Crippen LogP contribution in [0.2, 0.25) is 0 Å². The highest BCUT2D eigenvalue weighted by Gasteiger charge is 2.16. The standard InChI is InChI=1S/C11H24.C10H20.C9H18.3C8H18.C6H14.C5H12.4CH4/c1-5-7-8-11(6-2)9-10(3)4;1-9(2)8-10-6-4-3-5-7-10;1-8(2)9-6-4-3-5-7-9;1-5-8(4)6-7(2)3;2*1-5-6-8(4)7(2)3;1-4-5-6(2)3;1-4-5(2)3;;;;/h10-11H,5-9H2,1-4H3;9-10H,3-8H2,1-2H3;8-9H,3-7H2,1-2H3;3*7-8H,5-6H2,1-4H3;6H,4-5H2,1-3H3;5H,4H2,1-3H3;4*1H4. The van der Waals surface area contributed by atoms with Gasteiger partial charge < -0.3 is 0 Å². The Morgan fingerprint density at radius 3 is 0.913 bits per heavy atom. The van der Waals surface area contributed by atoms with E-state index >= 15 is 0 Å². The van der Waals surface area contributed by atoms with Crippen LogP contribution in [0.5, 0.6) is 0 Å². The van der Waals surface area contributed by atoms with E-state index in [1.165, 1.54) is 161 Å². The second kappa shape index (κ2) is 68.0. The summed E-state index contributed by atoms with van der Waals surface area (Å²) in [6.45, 7) is 59.5. The second-order valence-corrected chi connectivity index (χ2v) is 25.0. The average Bonchev–Trinajstić information content (AvgIpc) is 3.24. The van der Waals surface area contributed by atoms with Crippen molar-refractivity contribution < 1.29 is 0 Å². The summed E-state index contributed by atoms with van der Waals surface area (Å²) in [6.07, 6.45) is 35.6. The molecule has 0 aromatic rings. The van der Waals surface area contributed by atoms with Crippen molar-refractivity contribution in [2.24, 2.45) is 82.9 Å². The Morgan fingerprint density at radius 2 is 0.725 bits per heavy atom. The third-order valence-electron chi connectivity index (χ3n) is 14.5. The maximum atomic E-state index is 2.36. The van der Waals surface area contributed by atoms with Crippen molar-refractivity contribution in [1.29, 1.82) is 0 Å². The molecule has 2 aliphatic rings. The molecule has 0 saturated heterocycles. The van der Waals surface area contributed by atoms with Crippen molar-refractivity contribution in [2.45, 2.75) is 370 Å². The third-order valence-corrected chi connectivity index (χ3v) is 14.5. The highest BCUT2D eigenvalue weighted by Crippen LogP contribution is 2.30. The summed E-state index contributed by atoms with van der Waals surface area (Å²) >= 11 is 0. The molecule has 2 aliphatic carbocycles. The molecule has 0 aromatic carbocycles. The first kappa shape index (κ1) is 91.7. The van der Waals surface area contributed by atoms with Crippen molar-refractivity contribution in [2.75, 3.05) is 0 Å². The summed E-state index contributed by atoms with van der Waals surface area (Å²) in [4.78, 5) is 0. The summed E-state index contributed by atoms with van der Waals surface area (Å²) in [6, 6.07) is 0. The fourth-order valence-electron chi connectivity index (χ4n) is 8.66. The van der Waals surface area contributed by atoms with Gasteiger partial charge in [-0.15, -0.1) is 0 Å². The van der Waals surface area contributed by atoms with Crippen molar-refractivity contribution >= 4 is 0 Å². The maximum absolute atomic E-state index is 2.36. The molecule has 0 aliphatic heterocycles. The average molecular weight is 988 g/mol. The van der Waals surface area contributed by atoms with Crippen LogP contribution in [0, 0.1) is 82.9 Å². The van der Waals surface area contributed by atoms with Gasteiger partial charge in [0.1, 0.15) is 0 Å². The van der Waals surface area contributed by atoms with Gasteiger partial charge in [0.25, 0.3) is 0 Å². The zero-order chi connectivity index (χ0) is 51.8. The van der Waals surface area contributed by atoms with Crippen LogP contribution >= 0.6 is 0 Å². The Bertz CT molecular complexity index is 769. The fraction of sp³-hybridized carbons (Fsp3) is 1.00. The Labute approximate surface area is 451 Å². The van der Waals surface area contributed by atoms with E-state index in [9.17, 15) is 0 Å². The fourth-order valence-corrected chi connectivity index (χ4v) is 8.66. The van der Waals surface area contributed by atoms with Gasteiger partial charge in [-0.3, -0.25) is 0 Å². The van der Waals surface area contributed by atoms with Crippen LogP contribution in [0.1, 0.15) is 370 Å². The Morgan fingerprint density at radius 1 is 0.348 bits per heavy atom. The number of hydrogen-bond acceptors (Lipinski definition) is 0. The lowest BCUT2D eigenvalue weighted by atomic mass is 9.82. The molecule has 2 fully saturated rings. The summed E-state index contributed by atoms with van der Waals surface area (Å²) in [5.74, 6) is 13.0. The van der Waals surface area contributed by atoms with E-state index in [1.54, 1.807) is 0 Å². The van der Waals surface area contributed by atoms with Gasteiger partial charge in [-0.1, -0.05) is 351 Å². The van der Waals surface area contributed by atoms with Crippen LogP contribution in [0.25, 0.3) is 0 Å². The lowest BCUT2D eigenvalue weighted by Crippen LogP contribution is -2.12. The van der Waals surface area contributed by atoms with Gasteiger partial charge in [0.2, 0.25) is 0 Å². The molecule has 0 heteroatoms. The van der Waals surface area contributed by atoms with E-state index in [0.29, 0.717) is 0 Å². The molecule has 4 atom stereocenters. The van der Waals surface area contributed by atoms with E-state index in [0.717, 1.165) is 82.9 Å². The summed E-state index contributed by atoms with van der Waals surface area (Å²) < 4.78 is 0. The summed E-state index contributed by atoms with van der Waals surface area (Å²) in [5, 5.41) is 0. The van der Waals surface area contributed by atoms with Gasteiger partial charge in [0, 0.05) is 0 Å². The number of hydrogen-bond donors (Lipinski definition) is 0. The monoisotopic (exact) mass is 987 g/mol. The molecule has 434 valence electrons. The van der Waals surface area contributed by atoms with Gasteiger partial charge >= 0.3 is 0 Å². The van der Waals surface area contributed by atoms with E-state index in [2.05, 4.69) is 180 Å². The highest BCUT2D eigenvalue weighted by molar-refractivity contribution is 4.68. The normalized spacial score (nSPS) is 15.0. The minimum absolute atomic E-state index is 0. The molecule has 2 rings (SSSR count). The van der Waals surface area contributed by atoms with Crippen molar-refractivity contribution in [3.8, 4) is 0 Å². The molecule has 0 radical (unpaired) electrons. The van der Waals surface area contributed by atoms with Crippen molar-refractivity contribution in [3.63, 3.8) is 0 Å². The third kappa shape index (κ3) is 85.1. The molecule has 0 heterocycles. The quantitative estimate of drug-likeness (QED) is 0.108. The van der Waals surface area contributed by atoms with Crippen LogP contribution in [0.4, 0.5) is 0 Å². The first-order valence-electron chi connectivity index (χ1n) is 30.4. The smallest absolute Gasteiger partial charge is 0.0391 e. The molecule has 2 saturated carbocycles. The van der Waals surface area contributed by atoms with E-state index in [4.69, 9.17) is 0 Å². The largest absolute Gasteiger partial charge is 0.0776 e. The lowest BCUT2D eigenvalue weighted by Gasteiger charge is -2.24. The zero-order valence-electron chi connectivity index (χ0n) is 51.8. The summed E-state index contributed by atoms with van der Waals surface area (Å²) in [5.41, 5.74) is 0. The topological polar surface area (TPSA) is 0 Å². The van der Waals surface area contributed by atoms with Crippen LogP contribution in [-0.2, 0) is 0 Å². The molecule has 0 N–H and O–H groups in total. The van der Waals surface area contributed by atoms with Gasteiger partial charge in [0.05, 0.1) is 0 Å². The number of rotatable bonds is 21. The molecule has 0 aromatic heterocycles. The Kier molecular flexibility index (Phi) is 90.3. The van der Waals surface area contributed by atoms with E-state index in [1.807, 2.05) is 0 Å². The predicted molar refractivity (Wildman–Crippen MR) is 339 cm³/mol. The van der Waals surface area contributed by atoms with Crippen molar-refractivity contribution in [1.82, 2.24) is 0 Å². The molecule has 0 bridgehead atoms. The minimum Gasteiger partial charge on any atom is -0.0776 e. The molecular formula is C69H158. The van der Waals surface area contributed by atoms with Crippen LogP contribution in [-0.4, -0.2) is 0 Å². The Balaban J connectivity index is -0.0000000721. The van der Waals surface area contributed by atoms with Gasteiger partial charge in [-0.25, -0.2) is 0 Å². The molecule has 4 unspecified atom stereocenters. The Hall–Kier alpha value is 0. The maximum Gasteiger partial charge on any atom is -0.0391 e. The zero-order valence-corrected chi connectivity index (χ0v) is 51.8. The predicted octanol–water partition coefficient (Wildman–Crippen LogP) is 27.4. The second-order valence-electron chi connectivity index (χ2n) is 25.0. The summed E-state index contributed by atoms with van der Waals surface area (Å²) in [7, 11) is 0. The first-order chi connectivity index (χ1) is 30.4. The van der Waals surface area contributed by atoms with Crippen LogP contribution < -0.4 is 0 Å². The number of unbranched alkanes of at least 4 members (excludes halogenated alkanes) is 1. The minimum atomic E-state index is 0. The van der Waals surface area contributed by atoms with Gasteiger partial charge in [-0.2, -0.15) is 0 Å². The van der Waals surface area contributed by atoms with E-state index in [-0.39, 0.29) is 29.7 Å². The molecule has 0 spiro atoms. The molecule has 0 amide bonds. The first-order valence-corrected chi connectivity index (χ1v) is 30.4. The molecular weight excluding hydrogens is 829 g/mol. The lowest BCUT2D eigenvalue weighted by molar-refractivity contribution is 0.279. The van der Waals surface area contributed by atoms with Gasteiger partial charge in [0.15, 0.2) is 0 Å². The van der Waals surface area contributed by atoms with Gasteiger partial charge in [-0.05, 0) is 102 Å². The highest BCUT2D eigenvalue weighted by atomic mass is 14.2. The molecule has 69 heavy (non-hydrogen) atoms. The SMILES string of the molecule is C.C.C.C.CC(C)C1CCCCC1.CC(C)CC1CCCCC1.CCC(C)C.CCC(C)CC(C)C.CCCC(C)C.CCCC(C)C(C)C.CCCC(C)C(C)C.CCCCC(CC)CC(C)C. The van der Waals surface area contributed by atoms with Crippen LogP contribution in [0.3, 0.4) is 0 Å². The van der Waals surface area contributed by atoms with Crippen LogP contribution in [0.15, 0.2) is 0 Å². The van der Waals surface area contributed by atoms with E-state index < -0.39 is 0 Å².